The molecule has 0 aliphatic rings. The number of thiocarbonyl (C=S) groups is 1. The summed E-state index contributed by atoms with van der Waals surface area (Å²) in [7, 11) is 0. The number of hydrazone groups is 1. The van der Waals surface area contributed by atoms with Gasteiger partial charge >= 0.3 is 0 Å². The minimum absolute atomic E-state index is 0.106. The van der Waals surface area contributed by atoms with Gasteiger partial charge in [-0.05, 0) is 60.6 Å². The van der Waals surface area contributed by atoms with E-state index in [2.05, 4.69) is 10.5 Å². The molecule has 118 valence electrons. The third kappa shape index (κ3) is 5.36. The average Bonchev–Trinajstić information content (AvgIpc) is 2.52. The van der Waals surface area contributed by atoms with E-state index in [1.54, 1.807) is 12.1 Å². The zero-order valence-corrected chi connectivity index (χ0v) is 14.7. The van der Waals surface area contributed by atoms with Crippen LogP contribution in [-0.2, 0) is 0 Å². The molecule has 0 aliphatic heterocycles. The molecular formula is C17H15Cl2N3S. The fourth-order valence-corrected chi connectivity index (χ4v) is 2.21. The molecule has 0 saturated carbocycles. The lowest BCUT2D eigenvalue weighted by Crippen LogP contribution is -2.25. The lowest BCUT2D eigenvalue weighted by molar-refractivity contribution is 1.03. The smallest absolute Gasteiger partial charge is 0.184 e. The van der Waals surface area contributed by atoms with Crippen LogP contribution in [0.5, 0.6) is 0 Å². The molecule has 0 bridgehead atoms. The van der Waals surface area contributed by atoms with Crippen LogP contribution >= 0.6 is 35.4 Å². The van der Waals surface area contributed by atoms with Crippen molar-refractivity contribution in [2.75, 3.05) is 0 Å². The first kappa shape index (κ1) is 17.5. The van der Waals surface area contributed by atoms with Gasteiger partial charge < -0.3 is 5.73 Å². The average molecular weight is 364 g/mol. The van der Waals surface area contributed by atoms with Gasteiger partial charge in [0.25, 0.3) is 0 Å². The zero-order valence-electron chi connectivity index (χ0n) is 12.4. The quantitative estimate of drug-likeness (QED) is 0.472. The molecule has 23 heavy (non-hydrogen) atoms. The van der Waals surface area contributed by atoms with Gasteiger partial charge in [0.15, 0.2) is 5.11 Å². The fourth-order valence-electron chi connectivity index (χ4n) is 1.92. The highest BCUT2D eigenvalue weighted by Gasteiger charge is 2.04. The predicted molar refractivity (Wildman–Crippen MR) is 103 cm³/mol. The predicted octanol–water partition coefficient (Wildman–Crippen LogP) is 4.63. The van der Waals surface area contributed by atoms with Crippen LogP contribution in [0.15, 0.2) is 59.7 Å². The summed E-state index contributed by atoms with van der Waals surface area (Å²) in [5.41, 5.74) is 11.7. The summed E-state index contributed by atoms with van der Waals surface area (Å²) in [6, 6.07) is 15.0. The Morgan fingerprint density at radius 2 is 1.48 bits per heavy atom. The van der Waals surface area contributed by atoms with Gasteiger partial charge in [0.1, 0.15) is 0 Å². The van der Waals surface area contributed by atoms with Crippen molar-refractivity contribution < 1.29 is 0 Å². The number of allylic oxidation sites excluding steroid dienone is 2. The topological polar surface area (TPSA) is 50.4 Å². The number of halogens is 2. The van der Waals surface area contributed by atoms with Crippen LogP contribution in [0.1, 0.15) is 18.1 Å². The number of hydrogen-bond acceptors (Lipinski definition) is 2. The third-order valence-corrected chi connectivity index (χ3v) is 3.67. The van der Waals surface area contributed by atoms with E-state index in [9.17, 15) is 0 Å². The second-order valence-corrected chi connectivity index (χ2v) is 6.13. The van der Waals surface area contributed by atoms with E-state index < -0.39 is 0 Å². The second-order valence-electron chi connectivity index (χ2n) is 4.81. The van der Waals surface area contributed by atoms with Crippen LogP contribution in [0.25, 0.3) is 5.57 Å². The van der Waals surface area contributed by atoms with Gasteiger partial charge in [0.05, 0.1) is 5.71 Å². The first-order valence-corrected chi connectivity index (χ1v) is 7.95. The Kier molecular flexibility index (Phi) is 6.16. The summed E-state index contributed by atoms with van der Waals surface area (Å²) in [6.07, 6.45) is 1.94. The molecule has 0 aliphatic carbocycles. The molecule has 0 saturated heterocycles. The molecular weight excluding hydrogens is 349 g/mol. The minimum atomic E-state index is 0.106. The van der Waals surface area contributed by atoms with Crippen LogP contribution < -0.4 is 11.2 Å². The third-order valence-electron chi connectivity index (χ3n) is 3.08. The Hall–Kier alpha value is -1.88. The summed E-state index contributed by atoms with van der Waals surface area (Å²) < 4.78 is 0. The van der Waals surface area contributed by atoms with E-state index in [4.69, 9.17) is 41.2 Å². The summed E-state index contributed by atoms with van der Waals surface area (Å²) in [6.45, 7) is 2.00. The summed E-state index contributed by atoms with van der Waals surface area (Å²) in [4.78, 5) is 0. The van der Waals surface area contributed by atoms with Crippen molar-refractivity contribution in [3.63, 3.8) is 0 Å². The Bertz CT molecular complexity index is 750. The first-order chi connectivity index (χ1) is 11.0. The number of nitrogens with zero attached hydrogens (tertiary/aromatic N) is 1. The Morgan fingerprint density at radius 3 is 1.96 bits per heavy atom. The molecule has 0 radical (unpaired) electrons. The van der Waals surface area contributed by atoms with E-state index in [1.807, 2.05) is 49.4 Å². The number of nitrogens with one attached hydrogen (secondary N) is 1. The van der Waals surface area contributed by atoms with Crippen molar-refractivity contribution in [3.8, 4) is 0 Å². The van der Waals surface area contributed by atoms with Gasteiger partial charge in [-0.25, -0.2) is 0 Å². The number of hydrogen-bond donors (Lipinski definition) is 2. The second kappa shape index (κ2) is 8.11. The molecule has 0 atom stereocenters. The van der Waals surface area contributed by atoms with E-state index in [1.165, 1.54) is 0 Å². The van der Waals surface area contributed by atoms with Crippen LogP contribution in [0.2, 0.25) is 10.0 Å². The SMILES string of the molecule is C/C(=C\C(=N/NC(N)=S)c1ccc(Cl)cc1)c1ccc(Cl)cc1. The van der Waals surface area contributed by atoms with Crippen LogP contribution in [0.3, 0.4) is 0 Å². The minimum Gasteiger partial charge on any atom is -0.375 e. The van der Waals surface area contributed by atoms with Crippen molar-refractivity contribution in [3.05, 3.63) is 75.8 Å². The molecule has 0 fully saturated rings. The maximum atomic E-state index is 5.94. The Balaban J connectivity index is 2.38. The number of rotatable bonds is 4. The molecule has 0 unspecified atom stereocenters. The summed E-state index contributed by atoms with van der Waals surface area (Å²) in [5, 5.41) is 5.73. The molecule has 2 aromatic carbocycles. The van der Waals surface area contributed by atoms with Crippen molar-refractivity contribution >= 4 is 51.8 Å². The van der Waals surface area contributed by atoms with E-state index in [0.717, 1.165) is 16.7 Å². The number of nitrogens with two attached hydrogens (primary N) is 1. The normalized spacial score (nSPS) is 12.1. The molecule has 3 N–H and O–H groups in total. The van der Waals surface area contributed by atoms with Gasteiger partial charge in [0.2, 0.25) is 0 Å². The highest BCUT2D eigenvalue weighted by atomic mass is 35.5. The van der Waals surface area contributed by atoms with Gasteiger partial charge in [-0.15, -0.1) is 0 Å². The van der Waals surface area contributed by atoms with Gasteiger partial charge in [-0.2, -0.15) is 5.10 Å². The molecule has 6 heteroatoms. The van der Waals surface area contributed by atoms with Crippen LogP contribution in [0, 0.1) is 0 Å². The lowest BCUT2D eigenvalue weighted by atomic mass is 10.0. The van der Waals surface area contributed by atoms with Gasteiger partial charge in [-0.1, -0.05) is 47.5 Å². The maximum absolute atomic E-state index is 5.94. The standard InChI is InChI=1S/C17H15Cl2N3S/c1-11(12-2-6-14(18)7-3-12)10-16(21-22-17(20)23)13-4-8-15(19)9-5-13/h2-10H,1H3,(H3,20,22,23)/b11-10+,21-16+. The van der Waals surface area contributed by atoms with E-state index >= 15 is 0 Å². The monoisotopic (exact) mass is 363 g/mol. The van der Waals surface area contributed by atoms with Crippen molar-refractivity contribution in [1.29, 1.82) is 0 Å². The first-order valence-electron chi connectivity index (χ1n) is 6.79. The molecule has 2 rings (SSSR count). The van der Waals surface area contributed by atoms with E-state index in [0.29, 0.717) is 15.8 Å². The Labute approximate surface area is 150 Å². The van der Waals surface area contributed by atoms with Crippen molar-refractivity contribution in [1.82, 2.24) is 5.43 Å². The highest BCUT2D eigenvalue weighted by Crippen LogP contribution is 2.19. The van der Waals surface area contributed by atoms with Crippen molar-refractivity contribution in [2.24, 2.45) is 10.8 Å². The molecule has 2 aromatic rings. The lowest BCUT2D eigenvalue weighted by Gasteiger charge is -2.07. The highest BCUT2D eigenvalue weighted by molar-refractivity contribution is 7.80. The zero-order chi connectivity index (χ0) is 16.8. The van der Waals surface area contributed by atoms with Crippen LogP contribution in [-0.4, -0.2) is 10.8 Å². The molecule has 0 amide bonds. The van der Waals surface area contributed by atoms with Crippen LogP contribution in [0.4, 0.5) is 0 Å². The largest absolute Gasteiger partial charge is 0.375 e. The van der Waals surface area contributed by atoms with Gasteiger partial charge in [0, 0.05) is 15.6 Å². The maximum Gasteiger partial charge on any atom is 0.184 e. The Morgan fingerprint density at radius 1 is 1.00 bits per heavy atom. The van der Waals surface area contributed by atoms with Crippen molar-refractivity contribution in [2.45, 2.75) is 6.92 Å². The fraction of sp³-hybridized carbons (Fsp3) is 0.0588. The molecule has 3 nitrogen and oxygen atoms in total. The molecule has 0 aromatic heterocycles. The molecule has 0 heterocycles. The summed E-state index contributed by atoms with van der Waals surface area (Å²) in [5.74, 6) is 0. The molecule has 0 spiro atoms. The van der Waals surface area contributed by atoms with E-state index in [-0.39, 0.29) is 5.11 Å². The summed E-state index contributed by atoms with van der Waals surface area (Å²) >= 11 is 16.7. The van der Waals surface area contributed by atoms with Gasteiger partial charge in [-0.3, -0.25) is 5.43 Å². The number of benzene rings is 2.